The SMILES string of the molecule is Cc1cn(-c2cc(N)cc(N3CCN(C(=O)OC(C)(C)C)CC3)c2)cn1. The van der Waals surface area contributed by atoms with Crippen molar-refractivity contribution in [1.82, 2.24) is 14.5 Å². The number of carbonyl (C=O) groups is 1. The van der Waals surface area contributed by atoms with E-state index < -0.39 is 5.60 Å². The molecule has 0 saturated carbocycles. The molecule has 1 aromatic carbocycles. The summed E-state index contributed by atoms with van der Waals surface area (Å²) >= 11 is 0. The number of rotatable bonds is 2. The van der Waals surface area contributed by atoms with Crippen molar-refractivity contribution >= 4 is 17.5 Å². The Bertz CT molecular complexity index is 785. The van der Waals surface area contributed by atoms with Gasteiger partial charge in [-0.3, -0.25) is 0 Å². The van der Waals surface area contributed by atoms with Crippen LogP contribution in [-0.2, 0) is 4.74 Å². The molecule has 7 heteroatoms. The summed E-state index contributed by atoms with van der Waals surface area (Å²) in [7, 11) is 0. The zero-order chi connectivity index (χ0) is 18.9. The van der Waals surface area contributed by atoms with E-state index in [2.05, 4.69) is 16.0 Å². The van der Waals surface area contributed by atoms with Gasteiger partial charge in [-0.25, -0.2) is 9.78 Å². The molecule has 0 bridgehead atoms. The van der Waals surface area contributed by atoms with Crippen LogP contribution in [-0.4, -0.2) is 52.3 Å². The van der Waals surface area contributed by atoms with E-state index in [9.17, 15) is 4.79 Å². The number of hydrogen-bond acceptors (Lipinski definition) is 5. The van der Waals surface area contributed by atoms with E-state index >= 15 is 0 Å². The number of amides is 1. The molecule has 1 aliphatic rings. The van der Waals surface area contributed by atoms with Gasteiger partial charge in [0.2, 0.25) is 0 Å². The Morgan fingerprint density at radius 2 is 1.77 bits per heavy atom. The normalized spacial score (nSPS) is 15.2. The van der Waals surface area contributed by atoms with Gasteiger partial charge in [-0.1, -0.05) is 0 Å². The van der Waals surface area contributed by atoms with Crippen LogP contribution in [0.5, 0.6) is 0 Å². The molecule has 1 aromatic heterocycles. The monoisotopic (exact) mass is 357 g/mol. The zero-order valence-corrected chi connectivity index (χ0v) is 15.9. The minimum atomic E-state index is -0.472. The topological polar surface area (TPSA) is 76.6 Å². The summed E-state index contributed by atoms with van der Waals surface area (Å²) in [6.45, 7) is 10.3. The van der Waals surface area contributed by atoms with Gasteiger partial charge in [0.25, 0.3) is 0 Å². The number of hydrogen-bond donors (Lipinski definition) is 1. The number of benzene rings is 1. The average Bonchev–Trinajstić information content (AvgIpc) is 2.99. The third kappa shape index (κ3) is 4.28. The zero-order valence-electron chi connectivity index (χ0n) is 15.9. The van der Waals surface area contributed by atoms with Crippen LogP contribution >= 0.6 is 0 Å². The molecule has 2 aromatic rings. The predicted molar refractivity (Wildman–Crippen MR) is 103 cm³/mol. The fourth-order valence-electron chi connectivity index (χ4n) is 2.99. The molecule has 0 spiro atoms. The third-order valence-corrected chi connectivity index (χ3v) is 4.23. The Labute approximate surface area is 154 Å². The average molecular weight is 357 g/mol. The van der Waals surface area contributed by atoms with Crippen molar-refractivity contribution in [2.75, 3.05) is 36.8 Å². The Morgan fingerprint density at radius 3 is 2.35 bits per heavy atom. The van der Waals surface area contributed by atoms with Gasteiger partial charge in [0.05, 0.1) is 17.7 Å². The summed E-state index contributed by atoms with van der Waals surface area (Å²) in [4.78, 5) is 20.5. The summed E-state index contributed by atoms with van der Waals surface area (Å²) in [5.74, 6) is 0. The van der Waals surface area contributed by atoms with Gasteiger partial charge in [-0.15, -0.1) is 0 Å². The number of aryl methyl sites for hydroxylation is 1. The van der Waals surface area contributed by atoms with E-state index in [0.717, 1.165) is 30.2 Å². The number of aromatic nitrogens is 2. The summed E-state index contributed by atoms with van der Waals surface area (Å²) < 4.78 is 7.42. The van der Waals surface area contributed by atoms with Gasteiger partial charge in [0, 0.05) is 43.8 Å². The van der Waals surface area contributed by atoms with Crippen LogP contribution in [0.1, 0.15) is 26.5 Å². The summed E-state index contributed by atoms with van der Waals surface area (Å²) in [6.07, 6.45) is 3.51. The van der Waals surface area contributed by atoms with Gasteiger partial charge in [-0.05, 0) is 45.9 Å². The first kappa shape index (κ1) is 18.1. The van der Waals surface area contributed by atoms with Crippen molar-refractivity contribution in [2.24, 2.45) is 0 Å². The Kier molecular flexibility index (Phi) is 4.80. The quantitative estimate of drug-likeness (QED) is 0.837. The number of anilines is 2. The van der Waals surface area contributed by atoms with Gasteiger partial charge in [-0.2, -0.15) is 0 Å². The summed E-state index contributed by atoms with van der Waals surface area (Å²) in [5.41, 5.74) is 9.34. The molecular formula is C19H27N5O2. The smallest absolute Gasteiger partial charge is 0.410 e. The molecule has 1 aliphatic heterocycles. The van der Waals surface area contributed by atoms with Gasteiger partial charge >= 0.3 is 6.09 Å². The molecule has 2 heterocycles. The summed E-state index contributed by atoms with van der Waals surface area (Å²) in [6, 6.07) is 6.00. The highest BCUT2D eigenvalue weighted by Gasteiger charge is 2.26. The maximum Gasteiger partial charge on any atom is 0.410 e. The number of piperazine rings is 1. The lowest BCUT2D eigenvalue weighted by Gasteiger charge is -2.37. The van der Waals surface area contributed by atoms with Crippen LogP contribution in [0.2, 0.25) is 0 Å². The lowest BCUT2D eigenvalue weighted by Crippen LogP contribution is -2.50. The standard InChI is InChI=1S/C19H27N5O2/c1-14-12-24(13-21-14)17-10-15(20)9-16(11-17)22-5-7-23(8-6-22)18(25)26-19(2,3)4/h9-13H,5-8,20H2,1-4H3. The van der Waals surface area contributed by atoms with Crippen LogP contribution in [0.3, 0.4) is 0 Å². The number of ether oxygens (including phenoxy) is 1. The third-order valence-electron chi connectivity index (χ3n) is 4.23. The lowest BCUT2D eigenvalue weighted by molar-refractivity contribution is 0.0240. The van der Waals surface area contributed by atoms with E-state index in [-0.39, 0.29) is 6.09 Å². The van der Waals surface area contributed by atoms with Gasteiger partial charge in [0.15, 0.2) is 0 Å². The fraction of sp³-hybridized carbons (Fsp3) is 0.474. The van der Waals surface area contributed by atoms with E-state index in [1.165, 1.54) is 0 Å². The second-order valence-corrected chi connectivity index (χ2v) is 7.66. The molecule has 2 N–H and O–H groups in total. The molecule has 1 saturated heterocycles. The number of nitrogens with zero attached hydrogens (tertiary/aromatic N) is 4. The Balaban J connectivity index is 1.70. The maximum absolute atomic E-state index is 12.2. The van der Waals surface area contributed by atoms with Crippen molar-refractivity contribution < 1.29 is 9.53 Å². The van der Waals surface area contributed by atoms with Crippen LogP contribution in [0.15, 0.2) is 30.7 Å². The molecule has 1 fully saturated rings. The van der Waals surface area contributed by atoms with Crippen LogP contribution in [0, 0.1) is 6.92 Å². The Morgan fingerprint density at radius 1 is 1.12 bits per heavy atom. The van der Waals surface area contributed by atoms with Crippen LogP contribution in [0.25, 0.3) is 5.69 Å². The molecular weight excluding hydrogens is 330 g/mol. The second kappa shape index (κ2) is 6.90. The van der Waals surface area contributed by atoms with Crippen LogP contribution in [0.4, 0.5) is 16.2 Å². The van der Waals surface area contributed by atoms with Gasteiger partial charge in [0.1, 0.15) is 5.60 Å². The van der Waals surface area contributed by atoms with Gasteiger partial charge < -0.3 is 24.8 Å². The molecule has 140 valence electrons. The predicted octanol–water partition coefficient (Wildman–Crippen LogP) is 2.82. The highest BCUT2D eigenvalue weighted by molar-refractivity contribution is 5.69. The summed E-state index contributed by atoms with van der Waals surface area (Å²) in [5, 5.41) is 0. The number of carbonyl (C=O) groups excluding carboxylic acids is 1. The van der Waals surface area contributed by atoms with E-state index in [0.29, 0.717) is 18.8 Å². The molecule has 1 amide bonds. The van der Waals surface area contributed by atoms with E-state index in [1.807, 2.05) is 50.6 Å². The molecule has 0 unspecified atom stereocenters. The second-order valence-electron chi connectivity index (χ2n) is 7.66. The van der Waals surface area contributed by atoms with Crippen molar-refractivity contribution in [2.45, 2.75) is 33.3 Å². The molecule has 0 radical (unpaired) electrons. The van der Waals surface area contributed by atoms with Crippen molar-refractivity contribution in [3.63, 3.8) is 0 Å². The number of nitrogens with two attached hydrogens (primary N) is 1. The lowest BCUT2D eigenvalue weighted by atomic mass is 10.2. The van der Waals surface area contributed by atoms with Crippen molar-refractivity contribution in [3.8, 4) is 5.69 Å². The minimum Gasteiger partial charge on any atom is -0.444 e. The molecule has 3 rings (SSSR count). The van der Waals surface area contributed by atoms with Crippen LogP contribution < -0.4 is 10.6 Å². The highest BCUT2D eigenvalue weighted by Crippen LogP contribution is 2.25. The molecule has 26 heavy (non-hydrogen) atoms. The first-order chi connectivity index (χ1) is 12.2. The highest BCUT2D eigenvalue weighted by atomic mass is 16.6. The molecule has 0 atom stereocenters. The number of imidazole rings is 1. The maximum atomic E-state index is 12.2. The Hall–Kier alpha value is -2.70. The van der Waals surface area contributed by atoms with Crippen molar-refractivity contribution in [1.29, 1.82) is 0 Å². The first-order valence-corrected chi connectivity index (χ1v) is 8.86. The van der Waals surface area contributed by atoms with Crippen molar-refractivity contribution in [3.05, 3.63) is 36.4 Å². The molecule has 7 nitrogen and oxygen atoms in total. The minimum absolute atomic E-state index is 0.251. The van der Waals surface area contributed by atoms with E-state index in [1.54, 1.807) is 11.2 Å². The largest absolute Gasteiger partial charge is 0.444 e. The number of nitrogen functional groups attached to an aromatic ring is 1. The fourth-order valence-corrected chi connectivity index (χ4v) is 2.99. The first-order valence-electron chi connectivity index (χ1n) is 8.86. The molecule has 0 aliphatic carbocycles. The van der Waals surface area contributed by atoms with E-state index in [4.69, 9.17) is 10.5 Å².